The smallest absolute Gasteiger partial charge is 0.162 e. The number of fused-ring (bicyclic) bond motifs is 2. The number of benzene rings is 4. The summed E-state index contributed by atoms with van der Waals surface area (Å²) in [7, 11) is 0. The SMILES string of the molecule is CCC(CC)C(=O)/C=C(\O)C(CC)CC.[2H]c1nc(-c2[c-]c(C)cc(C)c2)c2ccc(CC3CCCC3)cc2c1[2H].[2H]c1nc(-c2[c-]c(C)cc(C)c2)c2ccc(CC3CCCC3)cc2c1[2H].[Ir]. The van der Waals surface area contributed by atoms with Crippen molar-refractivity contribution in [2.45, 2.75) is 145 Å². The summed E-state index contributed by atoms with van der Waals surface area (Å²) in [5.74, 6) is 2.09. The molecule has 4 aromatic carbocycles. The zero-order valence-electron chi connectivity index (χ0n) is 43.6. The average Bonchev–Trinajstić information content (AvgIpc) is 4.02. The second-order valence-electron chi connectivity index (χ2n) is 18.4. The van der Waals surface area contributed by atoms with E-state index in [0.29, 0.717) is 0 Å². The summed E-state index contributed by atoms with van der Waals surface area (Å²) in [5, 5.41) is 13.3. The standard InChI is InChI=1S/2C23H24N.C13H24O2.Ir/c2*1-16-11-17(2)13-21(12-16)23-22-8-7-19(14-18-5-3-4-6-18)15-20(22)9-10-24-23;1-5-10(6-2)12(14)9-13(15)11(7-3)8-4;/h2*7-12,15,18H,3-6,14H2,1-2H3;9-11,14H,5-8H2,1-4H3;/q2*-1;;/b;;12-9-;/i2*9D,10D;;. The number of nitrogens with zero attached hydrogens (tertiary/aromatic N) is 2. The molecular weight excluding hydrogens is 961 g/mol. The summed E-state index contributed by atoms with van der Waals surface area (Å²) in [6.07, 6.45) is 17.8. The van der Waals surface area contributed by atoms with E-state index < -0.39 is 0 Å². The Morgan fingerprint density at radius 2 is 1.06 bits per heavy atom. The molecule has 0 bridgehead atoms. The Hall–Kier alpha value is -4.44. The molecule has 2 saturated carbocycles. The first kappa shape index (κ1) is 44.7. The van der Waals surface area contributed by atoms with E-state index in [1.165, 1.54) is 68.6 Å². The van der Waals surface area contributed by atoms with E-state index in [-0.39, 0.29) is 67.9 Å². The number of aliphatic hydroxyl groups is 1. The second-order valence-corrected chi connectivity index (χ2v) is 18.4. The van der Waals surface area contributed by atoms with Gasteiger partial charge in [-0.15, -0.1) is 69.8 Å². The number of aliphatic hydroxyl groups excluding tert-OH is 1. The molecule has 0 spiro atoms. The van der Waals surface area contributed by atoms with Crippen molar-refractivity contribution in [2.24, 2.45) is 23.7 Å². The molecule has 2 aliphatic carbocycles. The number of aromatic nitrogens is 2. The van der Waals surface area contributed by atoms with E-state index in [9.17, 15) is 9.90 Å². The van der Waals surface area contributed by atoms with Gasteiger partial charge in [-0.25, -0.2) is 0 Å². The van der Waals surface area contributed by atoms with Gasteiger partial charge in [0.2, 0.25) is 0 Å². The minimum absolute atomic E-state index is 0. The number of hydrogen-bond acceptors (Lipinski definition) is 4. The molecule has 0 saturated heterocycles. The van der Waals surface area contributed by atoms with E-state index >= 15 is 0 Å². The van der Waals surface area contributed by atoms with Gasteiger partial charge in [-0.05, 0) is 107 Å². The number of hydrogen-bond donors (Lipinski definition) is 1. The van der Waals surface area contributed by atoms with E-state index in [0.717, 1.165) is 117 Å². The third kappa shape index (κ3) is 13.8. The first-order valence-electron chi connectivity index (χ1n) is 25.9. The molecule has 6 aromatic rings. The fourth-order valence-electron chi connectivity index (χ4n) is 9.80. The molecule has 2 aliphatic rings. The number of carbonyl (C=O) groups excluding carboxylic acids is 1. The molecule has 2 fully saturated rings. The number of rotatable bonds is 13. The number of ketones is 1. The van der Waals surface area contributed by atoms with Crippen molar-refractivity contribution < 1.29 is 35.5 Å². The number of pyridine rings is 2. The first-order valence-corrected chi connectivity index (χ1v) is 23.9. The van der Waals surface area contributed by atoms with E-state index in [1.807, 2.05) is 41.5 Å². The van der Waals surface area contributed by atoms with Gasteiger partial charge >= 0.3 is 0 Å². The summed E-state index contributed by atoms with van der Waals surface area (Å²) in [6, 6.07) is 28.2. The van der Waals surface area contributed by atoms with Crippen LogP contribution in [0.5, 0.6) is 0 Å². The monoisotopic (exact) mass is 1040 g/mol. The molecule has 1 radical (unpaired) electrons. The minimum Gasteiger partial charge on any atom is -0.512 e. The molecule has 0 aliphatic heterocycles. The first-order chi connectivity index (χ1) is 32.1. The van der Waals surface area contributed by atoms with Gasteiger partial charge in [0.15, 0.2) is 5.78 Å². The van der Waals surface area contributed by atoms with Gasteiger partial charge in [-0.1, -0.05) is 143 Å². The predicted octanol–water partition coefficient (Wildman–Crippen LogP) is 16.0. The van der Waals surface area contributed by atoms with Crippen LogP contribution in [0.3, 0.4) is 0 Å². The minimum atomic E-state index is 0. The van der Waals surface area contributed by atoms with Gasteiger partial charge in [-0.2, -0.15) is 0 Å². The van der Waals surface area contributed by atoms with Gasteiger partial charge in [0.05, 0.1) is 11.2 Å². The average molecular weight is 1040 g/mol. The topological polar surface area (TPSA) is 63.1 Å². The Balaban J connectivity index is 0.000000197. The maximum absolute atomic E-state index is 11.7. The molecule has 0 amide bonds. The van der Waals surface area contributed by atoms with Gasteiger partial charge in [0.1, 0.15) is 0 Å². The van der Waals surface area contributed by atoms with Crippen LogP contribution < -0.4 is 0 Å². The molecule has 0 atom stereocenters. The third-order valence-corrected chi connectivity index (χ3v) is 13.3. The van der Waals surface area contributed by atoms with E-state index in [4.69, 9.17) is 5.48 Å². The molecule has 8 rings (SSSR count). The van der Waals surface area contributed by atoms with Crippen molar-refractivity contribution >= 4 is 27.3 Å². The van der Waals surface area contributed by atoms with Crippen LogP contribution in [0.1, 0.15) is 144 Å². The second kappa shape index (κ2) is 24.7. The van der Waals surface area contributed by atoms with E-state index in [1.54, 1.807) is 0 Å². The van der Waals surface area contributed by atoms with Crippen LogP contribution in [0, 0.1) is 63.5 Å². The molecule has 2 heterocycles. The van der Waals surface area contributed by atoms with Gasteiger partial charge in [-0.3, -0.25) is 4.79 Å². The van der Waals surface area contributed by atoms with Crippen LogP contribution in [-0.2, 0) is 37.7 Å². The number of aryl methyl sites for hydroxylation is 4. The fourth-order valence-corrected chi connectivity index (χ4v) is 9.80. The molecule has 5 heteroatoms. The van der Waals surface area contributed by atoms with Crippen molar-refractivity contribution in [1.29, 1.82) is 0 Å². The molecule has 2 aromatic heterocycles. The Kier molecular flexibility index (Phi) is 17.3. The maximum atomic E-state index is 11.7. The van der Waals surface area contributed by atoms with Crippen LogP contribution in [0.4, 0.5) is 0 Å². The number of allylic oxidation sites excluding steroid dienone is 2. The van der Waals surface area contributed by atoms with Crippen LogP contribution in [-0.4, -0.2) is 20.9 Å². The molecule has 1 N–H and O–H groups in total. The zero-order valence-corrected chi connectivity index (χ0v) is 42.0. The Morgan fingerprint density at radius 1 is 0.656 bits per heavy atom. The Morgan fingerprint density at radius 3 is 1.44 bits per heavy atom. The van der Waals surface area contributed by atoms with Gasteiger partial charge in [0.25, 0.3) is 0 Å². The maximum Gasteiger partial charge on any atom is 0.162 e. The van der Waals surface area contributed by atoms with Crippen molar-refractivity contribution in [3.63, 3.8) is 0 Å². The van der Waals surface area contributed by atoms with Crippen molar-refractivity contribution in [3.05, 3.63) is 142 Å². The van der Waals surface area contributed by atoms with Crippen LogP contribution in [0.15, 0.2) is 96.9 Å². The van der Waals surface area contributed by atoms with Crippen molar-refractivity contribution in [1.82, 2.24) is 9.97 Å². The van der Waals surface area contributed by atoms with Crippen molar-refractivity contribution in [2.75, 3.05) is 0 Å². The predicted molar refractivity (Wildman–Crippen MR) is 266 cm³/mol. The summed E-state index contributed by atoms with van der Waals surface area (Å²) in [6.45, 7) is 16.2. The largest absolute Gasteiger partial charge is 0.512 e. The zero-order chi connectivity index (χ0) is 48.4. The molecule has 0 unspecified atom stereocenters. The van der Waals surface area contributed by atoms with Crippen molar-refractivity contribution in [3.8, 4) is 22.5 Å². The summed E-state index contributed by atoms with van der Waals surface area (Å²) in [4.78, 5) is 20.6. The van der Waals surface area contributed by atoms with Crippen LogP contribution >= 0.6 is 0 Å². The molecular formula is C59H72IrN2O2-2. The Bertz CT molecular complexity index is 2490. The van der Waals surface area contributed by atoms with Crippen LogP contribution in [0.25, 0.3) is 44.1 Å². The normalized spacial score (nSPS) is 15.2. The van der Waals surface area contributed by atoms with Gasteiger partial charge < -0.3 is 15.1 Å². The van der Waals surface area contributed by atoms with E-state index in [2.05, 4.69) is 96.6 Å². The van der Waals surface area contributed by atoms with Crippen LogP contribution in [0.2, 0.25) is 0 Å². The quantitative estimate of drug-likeness (QED) is 0.0711. The molecule has 341 valence electrons. The summed E-state index contributed by atoms with van der Waals surface area (Å²) in [5.41, 5.74) is 10.3. The number of carbonyl (C=O) groups is 1. The van der Waals surface area contributed by atoms with Gasteiger partial charge in [0, 0.05) is 50.4 Å². The molecule has 64 heavy (non-hydrogen) atoms. The molecule has 4 nitrogen and oxygen atoms in total. The fraction of sp³-hybridized carbons (Fsp3) is 0.441. The summed E-state index contributed by atoms with van der Waals surface area (Å²) >= 11 is 0. The third-order valence-electron chi connectivity index (χ3n) is 13.3. The summed E-state index contributed by atoms with van der Waals surface area (Å²) < 4.78 is 33.1. The Labute approximate surface area is 404 Å².